The summed E-state index contributed by atoms with van der Waals surface area (Å²) in [6, 6.07) is -0.381. The Morgan fingerprint density at radius 3 is 3.12 bits per heavy atom. The highest BCUT2D eigenvalue weighted by Gasteiger charge is 2.31. The van der Waals surface area contributed by atoms with E-state index >= 15 is 0 Å². The van der Waals surface area contributed by atoms with Gasteiger partial charge in [0.05, 0.1) is 12.6 Å². The molecule has 2 unspecified atom stereocenters. The van der Waals surface area contributed by atoms with Gasteiger partial charge in [0.1, 0.15) is 18.7 Å². The van der Waals surface area contributed by atoms with Gasteiger partial charge in [-0.2, -0.15) is 5.10 Å². The van der Waals surface area contributed by atoms with E-state index in [9.17, 15) is 4.79 Å². The maximum atomic E-state index is 12.1. The zero-order valence-electron chi connectivity index (χ0n) is 9.28. The fourth-order valence-corrected chi connectivity index (χ4v) is 2.09. The molecule has 1 aliphatic heterocycles. The zero-order valence-corrected chi connectivity index (χ0v) is 9.28. The molecule has 2 heterocycles. The van der Waals surface area contributed by atoms with Crippen LogP contribution in [0.4, 0.5) is 0 Å². The van der Waals surface area contributed by atoms with Gasteiger partial charge < -0.3 is 10.0 Å². The maximum Gasteiger partial charge on any atom is 0.247 e. The summed E-state index contributed by atoms with van der Waals surface area (Å²) in [5, 5.41) is 13.1. The average molecular weight is 224 g/mol. The molecule has 0 aliphatic carbocycles. The average Bonchev–Trinajstić information content (AvgIpc) is 2.97. The van der Waals surface area contributed by atoms with Gasteiger partial charge in [0.15, 0.2) is 0 Å². The standard InChI is InChI=1S/C10H16N4O2/c1-8(14-7-11-6-12-14)10(16)13-4-2-3-9(13)5-15/h6-9,15H,2-5H2,1H3. The SMILES string of the molecule is CC(C(=O)N1CCCC1CO)n1cncn1. The Bertz CT molecular complexity index is 352. The summed E-state index contributed by atoms with van der Waals surface area (Å²) in [5.74, 6) is 0.00190. The molecule has 0 radical (unpaired) electrons. The number of hydrogen-bond acceptors (Lipinski definition) is 4. The van der Waals surface area contributed by atoms with Crippen LogP contribution in [-0.4, -0.2) is 49.9 Å². The number of carbonyl (C=O) groups excluding carboxylic acids is 1. The van der Waals surface area contributed by atoms with Crippen molar-refractivity contribution in [3.05, 3.63) is 12.7 Å². The number of hydrogen-bond donors (Lipinski definition) is 1. The van der Waals surface area contributed by atoms with Gasteiger partial charge in [-0.05, 0) is 19.8 Å². The van der Waals surface area contributed by atoms with Crippen LogP contribution in [0.25, 0.3) is 0 Å². The molecule has 2 atom stereocenters. The number of likely N-dealkylation sites (tertiary alicyclic amines) is 1. The Labute approximate surface area is 93.9 Å². The van der Waals surface area contributed by atoms with Crippen molar-refractivity contribution in [1.82, 2.24) is 19.7 Å². The van der Waals surface area contributed by atoms with Gasteiger partial charge in [-0.15, -0.1) is 0 Å². The summed E-state index contributed by atoms with van der Waals surface area (Å²) >= 11 is 0. The van der Waals surface area contributed by atoms with Crippen molar-refractivity contribution in [2.75, 3.05) is 13.2 Å². The molecule has 0 spiro atoms. The molecule has 6 heteroatoms. The molecule has 0 aromatic carbocycles. The van der Waals surface area contributed by atoms with E-state index in [4.69, 9.17) is 5.11 Å². The van der Waals surface area contributed by atoms with E-state index in [1.807, 2.05) is 0 Å². The van der Waals surface area contributed by atoms with Crippen molar-refractivity contribution in [3.63, 3.8) is 0 Å². The van der Waals surface area contributed by atoms with Gasteiger partial charge in [-0.1, -0.05) is 0 Å². The molecule has 0 bridgehead atoms. The molecule has 1 aromatic heterocycles. The Morgan fingerprint density at radius 1 is 1.69 bits per heavy atom. The Balaban J connectivity index is 2.07. The smallest absolute Gasteiger partial charge is 0.247 e. The second kappa shape index (κ2) is 4.61. The molecule has 0 saturated carbocycles. The molecule has 1 aliphatic rings. The van der Waals surface area contributed by atoms with E-state index in [1.165, 1.54) is 17.3 Å². The fourth-order valence-electron chi connectivity index (χ4n) is 2.09. The quantitative estimate of drug-likeness (QED) is 0.773. The molecular weight excluding hydrogens is 208 g/mol. The fraction of sp³-hybridized carbons (Fsp3) is 0.700. The molecule has 1 fully saturated rings. The summed E-state index contributed by atoms with van der Waals surface area (Å²) in [6.07, 6.45) is 4.79. The highest BCUT2D eigenvalue weighted by Crippen LogP contribution is 2.20. The normalized spacial score (nSPS) is 22.4. The first-order valence-electron chi connectivity index (χ1n) is 5.49. The highest BCUT2D eigenvalue weighted by molar-refractivity contribution is 5.80. The predicted molar refractivity (Wildman–Crippen MR) is 56.6 cm³/mol. The summed E-state index contributed by atoms with van der Waals surface area (Å²) in [6.45, 7) is 2.56. The number of carbonyl (C=O) groups is 1. The van der Waals surface area contributed by atoms with Crippen LogP contribution in [0.15, 0.2) is 12.7 Å². The van der Waals surface area contributed by atoms with Crippen LogP contribution < -0.4 is 0 Å². The molecule has 1 N–H and O–H groups in total. The van der Waals surface area contributed by atoms with Gasteiger partial charge in [0.2, 0.25) is 5.91 Å². The molecule has 6 nitrogen and oxygen atoms in total. The lowest BCUT2D eigenvalue weighted by molar-refractivity contribution is -0.136. The molecule has 16 heavy (non-hydrogen) atoms. The lowest BCUT2D eigenvalue weighted by Crippen LogP contribution is -2.41. The molecular formula is C10H16N4O2. The van der Waals surface area contributed by atoms with E-state index in [-0.39, 0.29) is 24.6 Å². The largest absolute Gasteiger partial charge is 0.394 e. The number of aliphatic hydroxyl groups is 1. The van der Waals surface area contributed by atoms with Crippen molar-refractivity contribution in [1.29, 1.82) is 0 Å². The minimum absolute atomic E-state index is 0.00190. The van der Waals surface area contributed by atoms with Gasteiger partial charge in [0.25, 0.3) is 0 Å². The van der Waals surface area contributed by atoms with Crippen molar-refractivity contribution < 1.29 is 9.90 Å². The van der Waals surface area contributed by atoms with Crippen LogP contribution in [0.1, 0.15) is 25.8 Å². The first-order chi connectivity index (χ1) is 7.74. The van der Waals surface area contributed by atoms with Crippen LogP contribution in [0.2, 0.25) is 0 Å². The third kappa shape index (κ3) is 1.92. The Hall–Kier alpha value is -1.43. The second-order valence-electron chi connectivity index (χ2n) is 4.06. The van der Waals surface area contributed by atoms with Crippen molar-refractivity contribution in [2.24, 2.45) is 0 Å². The number of rotatable bonds is 3. The Morgan fingerprint density at radius 2 is 2.50 bits per heavy atom. The monoisotopic (exact) mass is 224 g/mol. The van der Waals surface area contributed by atoms with Crippen molar-refractivity contribution >= 4 is 5.91 Å². The van der Waals surface area contributed by atoms with Gasteiger partial charge in [-0.3, -0.25) is 4.79 Å². The van der Waals surface area contributed by atoms with Gasteiger partial charge in [-0.25, -0.2) is 9.67 Å². The highest BCUT2D eigenvalue weighted by atomic mass is 16.3. The van der Waals surface area contributed by atoms with E-state index in [2.05, 4.69) is 10.1 Å². The molecule has 1 saturated heterocycles. The zero-order chi connectivity index (χ0) is 11.5. The first kappa shape index (κ1) is 11.1. The van der Waals surface area contributed by atoms with Crippen molar-refractivity contribution in [3.8, 4) is 0 Å². The third-order valence-corrected chi connectivity index (χ3v) is 3.06. The van der Waals surface area contributed by atoms with Crippen LogP contribution in [0, 0.1) is 0 Å². The molecule has 88 valence electrons. The summed E-state index contributed by atoms with van der Waals surface area (Å²) < 4.78 is 1.54. The number of aromatic nitrogens is 3. The lowest BCUT2D eigenvalue weighted by Gasteiger charge is -2.26. The predicted octanol–water partition coefficient (Wildman–Crippen LogP) is -0.178. The van der Waals surface area contributed by atoms with Gasteiger partial charge in [0, 0.05) is 6.54 Å². The molecule has 1 aromatic rings. The number of aliphatic hydroxyl groups excluding tert-OH is 1. The van der Waals surface area contributed by atoms with Crippen LogP contribution in [0.5, 0.6) is 0 Å². The van der Waals surface area contributed by atoms with Gasteiger partial charge >= 0.3 is 0 Å². The molecule has 1 amide bonds. The minimum Gasteiger partial charge on any atom is -0.394 e. The lowest BCUT2D eigenvalue weighted by atomic mass is 10.2. The maximum absolute atomic E-state index is 12.1. The third-order valence-electron chi connectivity index (χ3n) is 3.06. The van der Waals surface area contributed by atoms with E-state index in [0.717, 1.165) is 19.4 Å². The van der Waals surface area contributed by atoms with Crippen LogP contribution >= 0.6 is 0 Å². The number of amides is 1. The van der Waals surface area contributed by atoms with E-state index in [1.54, 1.807) is 11.8 Å². The number of nitrogens with zero attached hydrogens (tertiary/aromatic N) is 4. The van der Waals surface area contributed by atoms with Crippen LogP contribution in [-0.2, 0) is 4.79 Å². The molecule has 2 rings (SSSR count). The minimum atomic E-state index is -0.352. The topological polar surface area (TPSA) is 71.2 Å². The first-order valence-corrected chi connectivity index (χ1v) is 5.49. The van der Waals surface area contributed by atoms with E-state index in [0.29, 0.717) is 0 Å². The van der Waals surface area contributed by atoms with E-state index < -0.39 is 0 Å². The summed E-state index contributed by atoms with van der Waals surface area (Å²) in [5.41, 5.74) is 0. The summed E-state index contributed by atoms with van der Waals surface area (Å²) in [4.78, 5) is 17.7. The van der Waals surface area contributed by atoms with Crippen molar-refractivity contribution in [2.45, 2.75) is 31.8 Å². The van der Waals surface area contributed by atoms with Crippen LogP contribution in [0.3, 0.4) is 0 Å². The second-order valence-corrected chi connectivity index (χ2v) is 4.06. The summed E-state index contributed by atoms with van der Waals surface area (Å²) in [7, 11) is 0. The Kier molecular flexibility index (Phi) is 3.19.